The van der Waals surface area contributed by atoms with E-state index < -0.39 is 5.82 Å². The molecule has 0 unspecified atom stereocenters. The molecule has 3 rings (SSSR count). The van der Waals surface area contributed by atoms with Crippen LogP contribution in [0.25, 0.3) is 10.9 Å². The SMILES string of the molecule is N#CCCCC(=O)Nc1ccc(Oc2ccnc3cc(Cl)ccc23)c(F)c1. The number of anilines is 1. The van der Waals surface area contributed by atoms with Crippen molar-refractivity contribution < 1.29 is 13.9 Å². The zero-order valence-electron chi connectivity index (χ0n) is 14.2. The lowest BCUT2D eigenvalue weighted by Gasteiger charge is -2.11. The number of halogens is 2. The van der Waals surface area contributed by atoms with Crippen LogP contribution in [0.2, 0.25) is 5.02 Å². The van der Waals surface area contributed by atoms with Crippen LogP contribution in [0.5, 0.6) is 11.5 Å². The third kappa shape index (κ3) is 4.72. The predicted molar refractivity (Wildman–Crippen MR) is 101 cm³/mol. The molecule has 27 heavy (non-hydrogen) atoms. The van der Waals surface area contributed by atoms with Crippen molar-refractivity contribution >= 4 is 34.1 Å². The van der Waals surface area contributed by atoms with Crippen LogP contribution < -0.4 is 10.1 Å². The van der Waals surface area contributed by atoms with Crippen molar-refractivity contribution in [3.63, 3.8) is 0 Å². The van der Waals surface area contributed by atoms with Crippen molar-refractivity contribution in [2.24, 2.45) is 0 Å². The van der Waals surface area contributed by atoms with Gasteiger partial charge in [0.15, 0.2) is 11.6 Å². The summed E-state index contributed by atoms with van der Waals surface area (Å²) in [6.07, 6.45) is 2.53. The van der Waals surface area contributed by atoms with E-state index in [1.807, 2.05) is 6.07 Å². The van der Waals surface area contributed by atoms with Gasteiger partial charge in [-0.3, -0.25) is 9.78 Å². The fourth-order valence-corrected chi connectivity index (χ4v) is 2.68. The van der Waals surface area contributed by atoms with Gasteiger partial charge >= 0.3 is 0 Å². The van der Waals surface area contributed by atoms with Crippen molar-refractivity contribution in [2.45, 2.75) is 19.3 Å². The average molecular weight is 384 g/mol. The first-order valence-corrected chi connectivity index (χ1v) is 8.63. The number of hydrogen-bond acceptors (Lipinski definition) is 4. The zero-order chi connectivity index (χ0) is 19.2. The summed E-state index contributed by atoms with van der Waals surface area (Å²) in [5, 5.41) is 12.3. The molecule has 0 radical (unpaired) electrons. The van der Waals surface area contributed by atoms with E-state index in [0.29, 0.717) is 40.2 Å². The highest BCUT2D eigenvalue weighted by molar-refractivity contribution is 6.31. The number of amides is 1. The Kier molecular flexibility index (Phi) is 5.84. The standard InChI is InChI=1S/C20H15ClFN3O2/c21-13-4-6-15-17(11-13)24-10-8-18(15)27-19-7-5-14(12-16(19)22)25-20(26)3-1-2-9-23/h4-8,10-12H,1-3H2,(H,25,26). The number of nitriles is 1. The van der Waals surface area contributed by atoms with Gasteiger partial charge in [0.1, 0.15) is 5.75 Å². The molecule has 136 valence electrons. The third-order valence-electron chi connectivity index (χ3n) is 3.79. The first kappa shape index (κ1) is 18.6. The van der Waals surface area contributed by atoms with E-state index in [-0.39, 0.29) is 18.1 Å². The number of aromatic nitrogens is 1. The van der Waals surface area contributed by atoms with Gasteiger partial charge in [-0.1, -0.05) is 11.6 Å². The van der Waals surface area contributed by atoms with Crippen LogP contribution in [0.4, 0.5) is 10.1 Å². The minimum atomic E-state index is -0.608. The lowest BCUT2D eigenvalue weighted by molar-refractivity contribution is -0.116. The largest absolute Gasteiger partial charge is 0.454 e. The number of pyridine rings is 1. The topological polar surface area (TPSA) is 75.0 Å². The van der Waals surface area contributed by atoms with Gasteiger partial charge in [0, 0.05) is 41.2 Å². The molecule has 0 aliphatic heterocycles. The second-order valence-electron chi connectivity index (χ2n) is 5.78. The molecular weight excluding hydrogens is 369 g/mol. The molecule has 1 heterocycles. The highest BCUT2D eigenvalue weighted by Crippen LogP contribution is 2.32. The first-order valence-electron chi connectivity index (χ1n) is 8.25. The number of rotatable bonds is 6. The van der Waals surface area contributed by atoms with Crippen molar-refractivity contribution in [3.05, 3.63) is 59.5 Å². The maximum Gasteiger partial charge on any atom is 0.224 e. The van der Waals surface area contributed by atoms with E-state index in [0.717, 1.165) is 0 Å². The lowest BCUT2D eigenvalue weighted by Crippen LogP contribution is -2.11. The van der Waals surface area contributed by atoms with Crippen LogP contribution in [-0.4, -0.2) is 10.9 Å². The van der Waals surface area contributed by atoms with Crippen molar-refractivity contribution in [3.8, 4) is 17.6 Å². The number of unbranched alkanes of at least 4 members (excludes halogenated alkanes) is 1. The van der Waals surface area contributed by atoms with Crippen LogP contribution in [-0.2, 0) is 4.79 Å². The van der Waals surface area contributed by atoms with Crippen LogP contribution in [0, 0.1) is 17.1 Å². The summed E-state index contributed by atoms with van der Waals surface area (Å²) in [5.74, 6) is -0.400. The molecule has 0 bridgehead atoms. The highest BCUT2D eigenvalue weighted by Gasteiger charge is 2.11. The van der Waals surface area contributed by atoms with Gasteiger partial charge in [0.2, 0.25) is 5.91 Å². The van der Waals surface area contributed by atoms with E-state index in [1.54, 1.807) is 36.5 Å². The van der Waals surface area contributed by atoms with E-state index in [1.165, 1.54) is 12.1 Å². The first-order chi connectivity index (χ1) is 13.1. The smallest absolute Gasteiger partial charge is 0.224 e. The molecule has 0 aliphatic carbocycles. The minimum absolute atomic E-state index is 0.0277. The molecule has 0 atom stereocenters. The second-order valence-corrected chi connectivity index (χ2v) is 6.21. The van der Waals surface area contributed by atoms with Crippen molar-refractivity contribution in [1.29, 1.82) is 5.26 Å². The summed E-state index contributed by atoms with van der Waals surface area (Å²) in [5.41, 5.74) is 0.967. The summed E-state index contributed by atoms with van der Waals surface area (Å²) >= 11 is 5.96. The highest BCUT2D eigenvalue weighted by atomic mass is 35.5. The van der Waals surface area contributed by atoms with Gasteiger partial charge in [-0.25, -0.2) is 4.39 Å². The Morgan fingerprint density at radius 1 is 1.22 bits per heavy atom. The molecule has 1 N–H and O–H groups in total. The van der Waals surface area contributed by atoms with E-state index in [4.69, 9.17) is 21.6 Å². The molecule has 0 saturated carbocycles. The molecule has 0 aliphatic rings. The maximum atomic E-state index is 14.4. The Labute approximate surface area is 160 Å². The van der Waals surface area contributed by atoms with Gasteiger partial charge in [0.05, 0.1) is 11.6 Å². The zero-order valence-corrected chi connectivity index (χ0v) is 15.0. The van der Waals surface area contributed by atoms with Gasteiger partial charge in [0.25, 0.3) is 0 Å². The molecule has 7 heteroatoms. The second kappa shape index (κ2) is 8.47. The number of nitrogens with zero attached hydrogens (tertiary/aromatic N) is 2. The van der Waals surface area contributed by atoms with Gasteiger partial charge in [-0.05, 0) is 42.8 Å². The minimum Gasteiger partial charge on any atom is -0.454 e. The predicted octanol–water partition coefficient (Wildman–Crippen LogP) is 5.45. The lowest BCUT2D eigenvalue weighted by atomic mass is 10.2. The number of fused-ring (bicyclic) bond motifs is 1. The van der Waals surface area contributed by atoms with Crippen LogP contribution in [0.1, 0.15) is 19.3 Å². The maximum absolute atomic E-state index is 14.4. The van der Waals surface area contributed by atoms with Gasteiger partial charge in [-0.15, -0.1) is 0 Å². The molecule has 0 saturated heterocycles. The third-order valence-corrected chi connectivity index (χ3v) is 4.03. The van der Waals surface area contributed by atoms with Crippen LogP contribution >= 0.6 is 11.6 Å². The number of nitrogens with one attached hydrogen (secondary N) is 1. The fourth-order valence-electron chi connectivity index (χ4n) is 2.52. The molecule has 3 aromatic rings. The summed E-state index contributed by atoms with van der Waals surface area (Å²) in [6.45, 7) is 0. The number of carbonyl (C=O) groups excluding carboxylic acids is 1. The Morgan fingerprint density at radius 2 is 2.07 bits per heavy atom. The Balaban J connectivity index is 1.75. The Morgan fingerprint density at radius 3 is 2.85 bits per heavy atom. The summed E-state index contributed by atoms with van der Waals surface area (Å²) in [7, 11) is 0. The summed E-state index contributed by atoms with van der Waals surface area (Å²) < 4.78 is 20.1. The molecule has 0 fully saturated rings. The van der Waals surface area contributed by atoms with Crippen LogP contribution in [0.3, 0.4) is 0 Å². The molecule has 2 aromatic carbocycles. The van der Waals surface area contributed by atoms with E-state index in [2.05, 4.69) is 10.3 Å². The molecule has 0 spiro atoms. The molecular formula is C20H15ClFN3O2. The number of hydrogen-bond donors (Lipinski definition) is 1. The number of carbonyl (C=O) groups is 1. The number of ether oxygens (including phenoxy) is 1. The molecule has 5 nitrogen and oxygen atoms in total. The van der Waals surface area contributed by atoms with Crippen molar-refractivity contribution in [1.82, 2.24) is 4.98 Å². The molecule has 1 aromatic heterocycles. The Bertz CT molecular complexity index is 1030. The average Bonchev–Trinajstić information content (AvgIpc) is 2.64. The Hall–Kier alpha value is -3.17. The normalized spacial score (nSPS) is 10.4. The molecule has 1 amide bonds. The van der Waals surface area contributed by atoms with Gasteiger partial charge in [-0.2, -0.15) is 5.26 Å². The van der Waals surface area contributed by atoms with Crippen molar-refractivity contribution in [2.75, 3.05) is 5.32 Å². The fraction of sp³-hybridized carbons (Fsp3) is 0.150. The summed E-state index contributed by atoms with van der Waals surface area (Å²) in [6, 6.07) is 13.0. The quantitative estimate of drug-likeness (QED) is 0.574. The van der Waals surface area contributed by atoms with E-state index in [9.17, 15) is 9.18 Å². The monoisotopic (exact) mass is 383 g/mol. The van der Waals surface area contributed by atoms with Crippen LogP contribution in [0.15, 0.2) is 48.7 Å². The number of benzene rings is 2. The summed E-state index contributed by atoms with van der Waals surface area (Å²) in [4.78, 5) is 16.0. The van der Waals surface area contributed by atoms with Gasteiger partial charge < -0.3 is 10.1 Å². The van der Waals surface area contributed by atoms with E-state index >= 15 is 0 Å².